The summed E-state index contributed by atoms with van der Waals surface area (Å²) in [5, 5.41) is 37.2. The third-order valence-electron chi connectivity index (χ3n) is 3.63. The highest BCUT2D eigenvalue weighted by molar-refractivity contribution is 5.14. The quantitative estimate of drug-likeness (QED) is 0.489. The first-order valence-electron chi connectivity index (χ1n) is 7.42. The van der Waals surface area contributed by atoms with Crippen molar-refractivity contribution < 1.29 is 20.4 Å². The number of benzene rings is 1. The molecule has 0 spiro atoms. The molecule has 120 valence electrons. The summed E-state index contributed by atoms with van der Waals surface area (Å²) in [5.74, 6) is 0. The Kier molecular flexibility index (Phi) is 8.49. The molecule has 0 aromatic heterocycles. The fraction of sp³-hybridized carbons (Fsp3) is 0.625. The summed E-state index contributed by atoms with van der Waals surface area (Å²) in [4.78, 5) is 1.91. The summed E-state index contributed by atoms with van der Waals surface area (Å²) >= 11 is 0. The van der Waals surface area contributed by atoms with Crippen molar-refractivity contribution in [1.82, 2.24) is 4.90 Å². The van der Waals surface area contributed by atoms with Crippen molar-refractivity contribution in [3.8, 4) is 0 Å². The first-order valence-corrected chi connectivity index (χ1v) is 7.42. The molecule has 1 aromatic rings. The number of aliphatic hydroxyl groups excluding tert-OH is 4. The first kappa shape index (κ1) is 18.1. The van der Waals surface area contributed by atoms with E-state index >= 15 is 0 Å². The summed E-state index contributed by atoms with van der Waals surface area (Å²) in [5.41, 5.74) is 1.25. The molecule has 0 saturated carbocycles. The normalized spacial score (nSPS) is 15.9. The van der Waals surface area contributed by atoms with Gasteiger partial charge < -0.3 is 20.4 Å². The Hall–Kier alpha value is -0.980. The lowest BCUT2D eigenvalue weighted by molar-refractivity contribution is 0.00838. The Balaban J connectivity index is 2.54. The Morgan fingerprint density at radius 2 is 1.48 bits per heavy atom. The molecule has 0 aliphatic heterocycles. The summed E-state index contributed by atoms with van der Waals surface area (Å²) in [6.45, 7) is 1.97. The Morgan fingerprint density at radius 1 is 0.952 bits per heavy atom. The maximum absolute atomic E-state index is 9.61. The van der Waals surface area contributed by atoms with Crippen molar-refractivity contribution in [3.63, 3.8) is 0 Å². The Bertz CT molecular complexity index is 362. The van der Waals surface area contributed by atoms with Crippen LogP contribution in [0.5, 0.6) is 0 Å². The maximum Gasteiger partial charge on any atom is 0.0897 e. The van der Waals surface area contributed by atoms with Crippen molar-refractivity contribution in [2.45, 2.75) is 38.0 Å². The highest BCUT2D eigenvalue weighted by Crippen LogP contribution is 2.11. The molecule has 3 atom stereocenters. The third kappa shape index (κ3) is 7.02. The van der Waals surface area contributed by atoms with Gasteiger partial charge in [0.2, 0.25) is 0 Å². The van der Waals surface area contributed by atoms with Gasteiger partial charge in [0, 0.05) is 19.1 Å². The van der Waals surface area contributed by atoms with Gasteiger partial charge in [0.1, 0.15) is 0 Å². The van der Waals surface area contributed by atoms with Gasteiger partial charge in [0.15, 0.2) is 0 Å². The van der Waals surface area contributed by atoms with Crippen molar-refractivity contribution >= 4 is 0 Å². The van der Waals surface area contributed by atoms with Crippen molar-refractivity contribution in [2.24, 2.45) is 0 Å². The predicted molar refractivity (Wildman–Crippen MR) is 82.0 cm³/mol. The Labute approximate surface area is 126 Å². The van der Waals surface area contributed by atoms with E-state index in [2.05, 4.69) is 12.1 Å². The van der Waals surface area contributed by atoms with E-state index in [0.29, 0.717) is 0 Å². The standard InChI is InChI=1S/C16H27NO4/c1-13(7-8-14-5-3-2-4-6-14)17(9-15(20)11-18)10-16(21)12-19/h2-6,13,15-16,18-21H,7-12H2,1H3/t13-,15-,16-/m0/s1. The second kappa shape index (κ2) is 9.87. The molecular weight excluding hydrogens is 270 g/mol. The molecule has 0 fully saturated rings. The van der Waals surface area contributed by atoms with Crippen LogP contribution in [0.25, 0.3) is 0 Å². The van der Waals surface area contributed by atoms with Gasteiger partial charge in [-0.25, -0.2) is 0 Å². The number of aliphatic hydroxyl groups is 4. The van der Waals surface area contributed by atoms with E-state index in [1.807, 2.05) is 30.0 Å². The highest BCUT2D eigenvalue weighted by atomic mass is 16.3. The summed E-state index contributed by atoms with van der Waals surface area (Å²) in [7, 11) is 0. The highest BCUT2D eigenvalue weighted by Gasteiger charge is 2.20. The van der Waals surface area contributed by atoms with Crippen LogP contribution in [0.4, 0.5) is 0 Å². The molecule has 0 amide bonds. The van der Waals surface area contributed by atoms with Crippen LogP contribution in [0.2, 0.25) is 0 Å². The minimum Gasteiger partial charge on any atom is -0.394 e. The largest absolute Gasteiger partial charge is 0.394 e. The molecule has 5 nitrogen and oxygen atoms in total. The van der Waals surface area contributed by atoms with Gasteiger partial charge >= 0.3 is 0 Å². The van der Waals surface area contributed by atoms with E-state index in [9.17, 15) is 10.2 Å². The smallest absolute Gasteiger partial charge is 0.0897 e. The van der Waals surface area contributed by atoms with Crippen molar-refractivity contribution in [2.75, 3.05) is 26.3 Å². The number of nitrogens with zero attached hydrogens (tertiary/aromatic N) is 1. The molecule has 4 N–H and O–H groups in total. The number of rotatable bonds is 10. The zero-order valence-corrected chi connectivity index (χ0v) is 12.6. The summed E-state index contributed by atoms with van der Waals surface area (Å²) in [6.07, 6.45) is 0.105. The van der Waals surface area contributed by atoms with Gasteiger partial charge in [-0.05, 0) is 25.3 Å². The Morgan fingerprint density at radius 3 is 1.95 bits per heavy atom. The zero-order chi connectivity index (χ0) is 15.7. The molecule has 0 radical (unpaired) electrons. The fourth-order valence-electron chi connectivity index (χ4n) is 2.29. The molecule has 21 heavy (non-hydrogen) atoms. The average Bonchev–Trinajstić information content (AvgIpc) is 2.52. The molecule has 0 heterocycles. The molecule has 5 heteroatoms. The monoisotopic (exact) mass is 297 g/mol. The molecule has 1 aromatic carbocycles. The van der Waals surface area contributed by atoms with Crippen molar-refractivity contribution in [1.29, 1.82) is 0 Å². The molecule has 0 aliphatic carbocycles. The van der Waals surface area contributed by atoms with Crippen LogP contribution < -0.4 is 0 Å². The molecule has 0 unspecified atom stereocenters. The minimum absolute atomic E-state index is 0.132. The molecule has 0 bridgehead atoms. The molecule has 0 saturated heterocycles. The average molecular weight is 297 g/mol. The third-order valence-corrected chi connectivity index (χ3v) is 3.63. The van der Waals surface area contributed by atoms with Crippen LogP contribution in [0, 0.1) is 0 Å². The number of aryl methyl sites for hydroxylation is 1. The van der Waals surface area contributed by atoms with E-state index in [-0.39, 0.29) is 32.3 Å². The maximum atomic E-state index is 9.61. The van der Waals surface area contributed by atoms with Gasteiger partial charge in [-0.2, -0.15) is 0 Å². The van der Waals surface area contributed by atoms with Crippen LogP contribution >= 0.6 is 0 Å². The van der Waals surface area contributed by atoms with E-state index in [1.165, 1.54) is 5.56 Å². The number of hydrogen-bond donors (Lipinski definition) is 4. The lowest BCUT2D eigenvalue weighted by Gasteiger charge is -2.32. The SMILES string of the molecule is C[C@@H](CCc1ccccc1)N(C[C@H](O)CO)C[C@H](O)CO. The predicted octanol–water partition coefficient (Wildman–Crippen LogP) is 0.0161. The van der Waals surface area contributed by atoms with E-state index < -0.39 is 12.2 Å². The molecular formula is C16H27NO4. The van der Waals surface area contributed by atoms with Crippen LogP contribution in [-0.2, 0) is 6.42 Å². The van der Waals surface area contributed by atoms with Gasteiger partial charge in [-0.1, -0.05) is 30.3 Å². The fourth-order valence-corrected chi connectivity index (χ4v) is 2.29. The second-order valence-electron chi connectivity index (χ2n) is 5.50. The van der Waals surface area contributed by atoms with Crippen molar-refractivity contribution in [3.05, 3.63) is 35.9 Å². The summed E-state index contributed by atoms with van der Waals surface area (Å²) < 4.78 is 0. The minimum atomic E-state index is -0.838. The van der Waals surface area contributed by atoms with E-state index in [4.69, 9.17) is 10.2 Å². The van der Waals surface area contributed by atoms with Crippen LogP contribution in [0.15, 0.2) is 30.3 Å². The summed E-state index contributed by atoms with van der Waals surface area (Å²) in [6, 6.07) is 10.3. The first-order chi connectivity index (χ1) is 10.1. The van der Waals surface area contributed by atoms with Gasteiger partial charge in [0.05, 0.1) is 25.4 Å². The molecule has 1 rings (SSSR count). The van der Waals surface area contributed by atoms with Gasteiger partial charge in [0.25, 0.3) is 0 Å². The van der Waals surface area contributed by atoms with Gasteiger partial charge in [-0.15, -0.1) is 0 Å². The molecule has 0 aliphatic rings. The van der Waals surface area contributed by atoms with E-state index in [0.717, 1.165) is 12.8 Å². The topological polar surface area (TPSA) is 84.2 Å². The second-order valence-corrected chi connectivity index (χ2v) is 5.50. The van der Waals surface area contributed by atoms with Gasteiger partial charge in [-0.3, -0.25) is 4.90 Å². The van der Waals surface area contributed by atoms with Crippen LogP contribution in [0.1, 0.15) is 18.9 Å². The van der Waals surface area contributed by atoms with Crippen LogP contribution in [0.3, 0.4) is 0 Å². The number of hydrogen-bond acceptors (Lipinski definition) is 5. The van der Waals surface area contributed by atoms with Crippen LogP contribution in [-0.4, -0.2) is 69.9 Å². The zero-order valence-electron chi connectivity index (χ0n) is 12.6. The lowest BCUT2D eigenvalue weighted by atomic mass is 10.0. The van der Waals surface area contributed by atoms with E-state index in [1.54, 1.807) is 0 Å². The lowest BCUT2D eigenvalue weighted by Crippen LogP contribution is -2.45.